The third kappa shape index (κ3) is 4.31. The molecule has 1 aliphatic rings. The fourth-order valence-corrected chi connectivity index (χ4v) is 4.59. The Hall–Kier alpha value is -1.44. The number of aliphatic carboxylic acids is 1. The van der Waals surface area contributed by atoms with E-state index in [2.05, 4.69) is 0 Å². The van der Waals surface area contributed by atoms with Crippen LogP contribution in [0.1, 0.15) is 18.5 Å². The number of benzene rings is 1. The summed E-state index contributed by atoms with van der Waals surface area (Å²) < 4.78 is 0. The van der Waals surface area contributed by atoms with E-state index in [1.165, 1.54) is 28.4 Å². The number of rotatable bonds is 6. The van der Waals surface area contributed by atoms with Crippen molar-refractivity contribution in [2.75, 3.05) is 24.7 Å². The van der Waals surface area contributed by atoms with Crippen LogP contribution in [0, 0.1) is 0 Å². The standard InChI is InChI=1S/C16H19NO4S2/c1-11(12-5-3-2-4-6-12)17(7-8-18)15(19)13-14(16(20)21)23-10-9-22-13/h2-6,11,18H,7-10H2,1H3,(H,20,21)/t11-/m1/s1. The first-order valence-electron chi connectivity index (χ1n) is 7.26. The van der Waals surface area contributed by atoms with E-state index in [4.69, 9.17) is 0 Å². The second-order valence-corrected chi connectivity index (χ2v) is 7.18. The Morgan fingerprint density at radius 2 is 1.78 bits per heavy atom. The smallest absolute Gasteiger partial charge is 0.343 e. The molecule has 2 N–H and O–H groups in total. The SMILES string of the molecule is C[C@H](c1ccccc1)N(CCO)C(=O)C1=C(C(=O)O)SCCS1. The molecule has 0 saturated heterocycles. The minimum atomic E-state index is -1.07. The Bertz CT molecular complexity index is 603. The predicted molar refractivity (Wildman–Crippen MR) is 93.2 cm³/mol. The molecule has 0 fully saturated rings. The minimum absolute atomic E-state index is 0.106. The number of hydrogen-bond donors (Lipinski definition) is 2. The second-order valence-electron chi connectivity index (χ2n) is 4.97. The number of carbonyl (C=O) groups is 2. The number of aliphatic hydroxyl groups is 1. The van der Waals surface area contributed by atoms with Crippen LogP contribution in [0.25, 0.3) is 0 Å². The van der Waals surface area contributed by atoms with Crippen molar-refractivity contribution in [3.05, 3.63) is 45.7 Å². The summed E-state index contributed by atoms with van der Waals surface area (Å²) >= 11 is 2.48. The molecule has 1 aliphatic heterocycles. The Morgan fingerprint density at radius 1 is 1.17 bits per heavy atom. The topological polar surface area (TPSA) is 77.8 Å². The van der Waals surface area contributed by atoms with E-state index in [1.54, 1.807) is 0 Å². The van der Waals surface area contributed by atoms with E-state index in [-0.39, 0.29) is 34.9 Å². The molecule has 1 atom stereocenters. The van der Waals surface area contributed by atoms with Crippen LogP contribution in [-0.4, -0.2) is 51.6 Å². The molecule has 1 amide bonds. The molecule has 2 rings (SSSR count). The number of nitrogens with zero attached hydrogens (tertiary/aromatic N) is 1. The van der Waals surface area contributed by atoms with E-state index in [9.17, 15) is 19.8 Å². The van der Waals surface area contributed by atoms with Crippen molar-refractivity contribution >= 4 is 35.4 Å². The number of hydrogen-bond acceptors (Lipinski definition) is 5. The van der Waals surface area contributed by atoms with Gasteiger partial charge in [-0.2, -0.15) is 0 Å². The maximum atomic E-state index is 12.9. The summed E-state index contributed by atoms with van der Waals surface area (Å²) in [6.45, 7) is 1.87. The molecule has 0 spiro atoms. The van der Waals surface area contributed by atoms with Gasteiger partial charge in [-0.15, -0.1) is 23.5 Å². The van der Waals surface area contributed by atoms with Crippen LogP contribution in [0.4, 0.5) is 0 Å². The number of thioether (sulfide) groups is 2. The van der Waals surface area contributed by atoms with Crippen LogP contribution in [0.5, 0.6) is 0 Å². The molecule has 1 aromatic carbocycles. The molecule has 0 bridgehead atoms. The molecule has 0 unspecified atom stereocenters. The lowest BCUT2D eigenvalue weighted by Gasteiger charge is -2.31. The molecule has 1 aromatic rings. The average Bonchev–Trinajstić information content (AvgIpc) is 2.59. The summed E-state index contributed by atoms with van der Waals surface area (Å²) in [7, 11) is 0. The van der Waals surface area contributed by atoms with Gasteiger partial charge in [0.05, 0.1) is 17.6 Å². The average molecular weight is 353 g/mol. The van der Waals surface area contributed by atoms with Gasteiger partial charge in [0.25, 0.3) is 5.91 Å². The van der Waals surface area contributed by atoms with E-state index >= 15 is 0 Å². The fraction of sp³-hybridized carbons (Fsp3) is 0.375. The third-order valence-corrected chi connectivity index (χ3v) is 6.06. The quantitative estimate of drug-likeness (QED) is 0.817. The molecule has 7 heteroatoms. The minimum Gasteiger partial charge on any atom is -0.477 e. The molecule has 0 aromatic heterocycles. The summed E-state index contributed by atoms with van der Waals surface area (Å²) in [6.07, 6.45) is 0. The lowest BCUT2D eigenvalue weighted by atomic mass is 10.1. The van der Waals surface area contributed by atoms with Gasteiger partial charge < -0.3 is 15.1 Å². The van der Waals surface area contributed by atoms with Gasteiger partial charge in [0.15, 0.2) is 0 Å². The monoisotopic (exact) mass is 353 g/mol. The summed E-state index contributed by atoms with van der Waals surface area (Å²) in [4.78, 5) is 26.2. The van der Waals surface area contributed by atoms with Crippen molar-refractivity contribution < 1.29 is 19.8 Å². The third-order valence-electron chi connectivity index (χ3n) is 3.52. The van der Waals surface area contributed by atoms with Gasteiger partial charge in [0, 0.05) is 18.1 Å². The Labute approximate surface area is 143 Å². The van der Waals surface area contributed by atoms with E-state index < -0.39 is 5.97 Å². The van der Waals surface area contributed by atoms with E-state index in [0.717, 1.165) is 5.56 Å². The molecule has 0 aliphatic carbocycles. The first-order valence-corrected chi connectivity index (χ1v) is 9.23. The van der Waals surface area contributed by atoms with Crippen LogP contribution in [-0.2, 0) is 9.59 Å². The summed E-state index contributed by atoms with van der Waals surface area (Å²) in [5.74, 6) is -0.0150. The Morgan fingerprint density at radius 3 is 2.35 bits per heavy atom. The van der Waals surface area contributed by atoms with Gasteiger partial charge >= 0.3 is 5.97 Å². The number of amides is 1. The number of carbonyl (C=O) groups excluding carboxylic acids is 1. The van der Waals surface area contributed by atoms with Crippen LogP contribution < -0.4 is 0 Å². The first kappa shape index (κ1) is 17.9. The number of carboxylic acids is 1. The number of carboxylic acid groups (broad SMARTS) is 1. The van der Waals surface area contributed by atoms with Gasteiger partial charge in [-0.3, -0.25) is 4.79 Å². The molecule has 0 saturated carbocycles. The molecular formula is C16H19NO4S2. The highest BCUT2D eigenvalue weighted by molar-refractivity contribution is 8.11. The second kappa shape index (κ2) is 8.42. The Kier molecular flexibility index (Phi) is 6.56. The molecular weight excluding hydrogens is 334 g/mol. The van der Waals surface area contributed by atoms with Crippen molar-refractivity contribution in [3.8, 4) is 0 Å². The lowest BCUT2D eigenvalue weighted by Crippen LogP contribution is -2.37. The summed E-state index contributed by atoms with van der Waals surface area (Å²) in [5, 5.41) is 18.6. The van der Waals surface area contributed by atoms with Crippen molar-refractivity contribution in [3.63, 3.8) is 0 Å². The van der Waals surface area contributed by atoms with E-state index in [1.807, 2.05) is 37.3 Å². The molecule has 0 radical (unpaired) electrons. The highest BCUT2D eigenvalue weighted by Gasteiger charge is 2.30. The summed E-state index contributed by atoms with van der Waals surface area (Å²) in [6, 6.07) is 9.26. The Balaban J connectivity index is 2.33. The number of aliphatic hydroxyl groups excluding tert-OH is 1. The van der Waals surface area contributed by atoms with Gasteiger partial charge in [0.1, 0.15) is 4.91 Å². The van der Waals surface area contributed by atoms with Crippen molar-refractivity contribution in [1.82, 2.24) is 4.90 Å². The lowest BCUT2D eigenvalue weighted by molar-refractivity contribution is -0.133. The zero-order chi connectivity index (χ0) is 16.8. The van der Waals surface area contributed by atoms with Crippen molar-refractivity contribution in [1.29, 1.82) is 0 Å². The van der Waals surface area contributed by atoms with E-state index in [0.29, 0.717) is 11.5 Å². The zero-order valence-electron chi connectivity index (χ0n) is 12.8. The van der Waals surface area contributed by atoms with Crippen molar-refractivity contribution in [2.45, 2.75) is 13.0 Å². The maximum absolute atomic E-state index is 12.9. The van der Waals surface area contributed by atoms with Gasteiger partial charge in [-0.05, 0) is 12.5 Å². The van der Waals surface area contributed by atoms with Crippen molar-refractivity contribution in [2.24, 2.45) is 0 Å². The van der Waals surface area contributed by atoms with Gasteiger partial charge in [-0.25, -0.2) is 4.79 Å². The molecule has 124 valence electrons. The highest BCUT2D eigenvalue weighted by Crippen LogP contribution is 2.36. The van der Waals surface area contributed by atoms with Gasteiger partial charge in [-0.1, -0.05) is 30.3 Å². The largest absolute Gasteiger partial charge is 0.477 e. The maximum Gasteiger partial charge on any atom is 0.343 e. The van der Waals surface area contributed by atoms with Gasteiger partial charge in [0.2, 0.25) is 0 Å². The normalized spacial score (nSPS) is 16.1. The molecule has 23 heavy (non-hydrogen) atoms. The zero-order valence-corrected chi connectivity index (χ0v) is 14.4. The fourth-order valence-electron chi connectivity index (χ4n) is 2.36. The van der Waals surface area contributed by atoms with Crippen LogP contribution in [0.2, 0.25) is 0 Å². The highest BCUT2D eigenvalue weighted by atomic mass is 32.2. The molecule has 5 nitrogen and oxygen atoms in total. The molecule has 1 heterocycles. The first-order chi connectivity index (χ1) is 11.1. The van der Waals surface area contributed by atoms with Crippen LogP contribution >= 0.6 is 23.5 Å². The van der Waals surface area contributed by atoms with Crippen LogP contribution in [0.15, 0.2) is 40.1 Å². The summed E-state index contributed by atoms with van der Waals surface area (Å²) in [5.41, 5.74) is 0.945. The predicted octanol–water partition coefficient (Wildman–Crippen LogP) is 2.34. The van der Waals surface area contributed by atoms with Crippen LogP contribution in [0.3, 0.4) is 0 Å².